The van der Waals surface area contributed by atoms with Gasteiger partial charge in [-0.3, -0.25) is 4.79 Å². The van der Waals surface area contributed by atoms with Crippen molar-refractivity contribution in [3.63, 3.8) is 0 Å². The molecule has 0 radical (unpaired) electrons. The van der Waals surface area contributed by atoms with E-state index in [1.54, 1.807) is 11.0 Å². The van der Waals surface area contributed by atoms with Gasteiger partial charge in [-0.2, -0.15) is 0 Å². The van der Waals surface area contributed by atoms with E-state index in [2.05, 4.69) is 25.8 Å². The molecule has 0 saturated heterocycles. The standard InChI is InChI=1S/C17H20N6O/c24-17(20-15-6-5-13-7-8-18-16(13)9-15)14-3-1-12(2-4-14)10-23-11-19-21-22-23/h5-9,11-12,14,18H,1-4,10H2,(H,20,24). The van der Waals surface area contributed by atoms with E-state index in [1.165, 1.54) is 0 Å². The second-order valence-corrected chi connectivity index (χ2v) is 6.52. The first-order valence-corrected chi connectivity index (χ1v) is 8.37. The van der Waals surface area contributed by atoms with Gasteiger partial charge in [0, 0.05) is 29.9 Å². The molecule has 2 aromatic heterocycles. The van der Waals surface area contributed by atoms with Crippen LogP contribution in [0.5, 0.6) is 0 Å². The summed E-state index contributed by atoms with van der Waals surface area (Å²) < 4.78 is 1.77. The van der Waals surface area contributed by atoms with Crippen LogP contribution in [0.15, 0.2) is 36.8 Å². The Balaban J connectivity index is 1.32. The molecule has 0 atom stereocenters. The lowest BCUT2D eigenvalue weighted by atomic mass is 9.81. The lowest BCUT2D eigenvalue weighted by Gasteiger charge is -2.27. The predicted molar refractivity (Wildman–Crippen MR) is 90.2 cm³/mol. The van der Waals surface area contributed by atoms with Crippen LogP contribution in [0.3, 0.4) is 0 Å². The van der Waals surface area contributed by atoms with Crippen LogP contribution in [0.4, 0.5) is 5.69 Å². The first kappa shape index (κ1) is 14.9. The summed E-state index contributed by atoms with van der Waals surface area (Å²) in [6.45, 7) is 0.838. The predicted octanol–water partition coefficient (Wildman–Crippen LogP) is 2.60. The number of nitrogens with one attached hydrogen (secondary N) is 2. The van der Waals surface area contributed by atoms with Crippen LogP contribution in [0.2, 0.25) is 0 Å². The number of amides is 1. The summed E-state index contributed by atoms with van der Waals surface area (Å²) in [5.74, 6) is 0.768. The molecular weight excluding hydrogens is 304 g/mol. The Hall–Kier alpha value is -2.70. The number of carbonyl (C=O) groups is 1. The van der Waals surface area contributed by atoms with Crippen LogP contribution < -0.4 is 5.32 Å². The molecule has 4 rings (SSSR count). The molecule has 1 fully saturated rings. The molecular formula is C17H20N6O. The molecule has 3 aromatic rings. The van der Waals surface area contributed by atoms with Gasteiger partial charge in [0.1, 0.15) is 6.33 Å². The number of aromatic nitrogens is 5. The fraction of sp³-hybridized carbons (Fsp3) is 0.412. The summed E-state index contributed by atoms with van der Waals surface area (Å²) in [6.07, 6.45) is 7.46. The van der Waals surface area contributed by atoms with Crippen LogP contribution in [-0.2, 0) is 11.3 Å². The molecule has 7 heteroatoms. The third kappa shape index (κ3) is 3.15. The zero-order valence-corrected chi connectivity index (χ0v) is 13.4. The van der Waals surface area contributed by atoms with Gasteiger partial charge in [0.25, 0.3) is 0 Å². The molecule has 2 heterocycles. The topological polar surface area (TPSA) is 88.5 Å². The number of hydrogen-bond acceptors (Lipinski definition) is 4. The lowest BCUT2D eigenvalue weighted by molar-refractivity contribution is -0.121. The Morgan fingerprint density at radius 1 is 1.25 bits per heavy atom. The van der Waals surface area contributed by atoms with E-state index in [1.807, 2.05) is 30.5 Å². The van der Waals surface area contributed by atoms with Crippen molar-refractivity contribution in [1.29, 1.82) is 0 Å². The zero-order chi connectivity index (χ0) is 16.4. The van der Waals surface area contributed by atoms with E-state index in [4.69, 9.17) is 0 Å². The molecule has 1 amide bonds. The smallest absolute Gasteiger partial charge is 0.227 e. The molecule has 7 nitrogen and oxygen atoms in total. The molecule has 1 aliphatic carbocycles. The first-order chi connectivity index (χ1) is 11.8. The molecule has 124 valence electrons. The van der Waals surface area contributed by atoms with Crippen LogP contribution in [0.25, 0.3) is 10.9 Å². The number of rotatable bonds is 4. The highest BCUT2D eigenvalue weighted by Crippen LogP contribution is 2.30. The van der Waals surface area contributed by atoms with Gasteiger partial charge in [0.2, 0.25) is 5.91 Å². The van der Waals surface area contributed by atoms with Gasteiger partial charge in [-0.1, -0.05) is 6.07 Å². The molecule has 0 spiro atoms. The summed E-state index contributed by atoms with van der Waals surface area (Å²) in [5, 5.41) is 15.4. The molecule has 0 aliphatic heterocycles. The molecule has 0 unspecified atom stereocenters. The molecule has 2 N–H and O–H groups in total. The van der Waals surface area contributed by atoms with Gasteiger partial charge >= 0.3 is 0 Å². The Bertz CT molecular complexity index is 817. The van der Waals surface area contributed by atoms with Crippen molar-refractivity contribution < 1.29 is 4.79 Å². The monoisotopic (exact) mass is 324 g/mol. The van der Waals surface area contributed by atoms with Crippen molar-refractivity contribution >= 4 is 22.5 Å². The Morgan fingerprint density at radius 2 is 2.12 bits per heavy atom. The number of H-pyrrole nitrogens is 1. The number of fused-ring (bicyclic) bond motifs is 1. The summed E-state index contributed by atoms with van der Waals surface area (Å²) in [5.41, 5.74) is 1.89. The Morgan fingerprint density at radius 3 is 2.92 bits per heavy atom. The van der Waals surface area contributed by atoms with Crippen LogP contribution in [0, 0.1) is 11.8 Å². The molecule has 1 aromatic carbocycles. The van der Waals surface area contributed by atoms with Crippen LogP contribution in [0.1, 0.15) is 25.7 Å². The highest BCUT2D eigenvalue weighted by Gasteiger charge is 2.26. The minimum Gasteiger partial charge on any atom is -0.361 e. The quantitative estimate of drug-likeness (QED) is 0.772. The maximum absolute atomic E-state index is 12.5. The first-order valence-electron chi connectivity index (χ1n) is 8.37. The second kappa shape index (κ2) is 6.43. The third-order valence-corrected chi connectivity index (χ3v) is 4.88. The van der Waals surface area contributed by atoms with Gasteiger partial charge in [-0.05, 0) is 65.6 Å². The summed E-state index contributed by atoms with van der Waals surface area (Å²) >= 11 is 0. The van der Waals surface area contributed by atoms with Gasteiger partial charge in [0.05, 0.1) is 0 Å². The lowest BCUT2D eigenvalue weighted by Crippen LogP contribution is -2.28. The van der Waals surface area contributed by atoms with E-state index < -0.39 is 0 Å². The number of hydrogen-bond donors (Lipinski definition) is 2. The van der Waals surface area contributed by atoms with Crippen LogP contribution in [-0.4, -0.2) is 31.1 Å². The number of aromatic amines is 1. The van der Waals surface area contributed by atoms with Crippen molar-refractivity contribution in [2.45, 2.75) is 32.2 Å². The highest BCUT2D eigenvalue weighted by atomic mass is 16.1. The maximum Gasteiger partial charge on any atom is 0.227 e. The summed E-state index contributed by atoms with van der Waals surface area (Å²) in [7, 11) is 0. The Labute approximate surface area is 139 Å². The molecule has 24 heavy (non-hydrogen) atoms. The van der Waals surface area contributed by atoms with Gasteiger partial charge < -0.3 is 10.3 Å². The third-order valence-electron chi connectivity index (χ3n) is 4.88. The molecule has 1 aliphatic rings. The summed E-state index contributed by atoms with van der Waals surface area (Å²) in [6, 6.07) is 7.98. The Kier molecular flexibility index (Phi) is 3.98. The van der Waals surface area contributed by atoms with E-state index in [0.29, 0.717) is 5.92 Å². The average Bonchev–Trinajstić information content (AvgIpc) is 3.26. The minimum atomic E-state index is 0.0921. The molecule has 0 bridgehead atoms. The minimum absolute atomic E-state index is 0.0921. The SMILES string of the molecule is O=C(Nc1ccc2cc[nH]c2c1)C1CCC(Cn2cnnn2)CC1. The number of tetrazole rings is 1. The van der Waals surface area contributed by atoms with Crippen molar-refractivity contribution in [1.82, 2.24) is 25.2 Å². The van der Waals surface area contributed by atoms with Gasteiger partial charge in [0.15, 0.2) is 0 Å². The average molecular weight is 324 g/mol. The van der Waals surface area contributed by atoms with Crippen molar-refractivity contribution in [3.8, 4) is 0 Å². The van der Waals surface area contributed by atoms with E-state index in [-0.39, 0.29) is 11.8 Å². The number of carbonyl (C=O) groups excluding carboxylic acids is 1. The normalized spacial score (nSPS) is 21.0. The van der Waals surface area contributed by atoms with Gasteiger partial charge in [-0.25, -0.2) is 4.68 Å². The number of anilines is 1. The zero-order valence-electron chi connectivity index (χ0n) is 13.4. The fourth-order valence-corrected chi connectivity index (χ4v) is 3.51. The second-order valence-electron chi connectivity index (χ2n) is 6.52. The number of benzene rings is 1. The highest BCUT2D eigenvalue weighted by molar-refractivity contribution is 5.95. The van der Waals surface area contributed by atoms with Gasteiger partial charge in [-0.15, -0.1) is 5.10 Å². The largest absolute Gasteiger partial charge is 0.361 e. The van der Waals surface area contributed by atoms with E-state index in [9.17, 15) is 4.79 Å². The number of nitrogens with zero attached hydrogens (tertiary/aromatic N) is 4. The summed E-state index contributed by atoms with van der Waals surface area (Å²) in [4.78, 5) is 15.7. The van der Waals surface area contributed by atoms with E-state index in [0.717, 1.165) is 48.8 Å². The van der Waals surface area contributed by atoms with E-state index >= 15 is 0 Å². The fourth-order valence-electron chi connectivity index (χ4n) is 3.51. The molecule has 1 saturated carbocycles. The van der Waals surface area contributed by atoms with Crippen molar-refractivity contribution in [3.05, 3.63) is 36.8 Å². The van der Waals surface area contributed by atoms with Crippen molar-refractivity contribution in [2.75, 3.05) is 5.32 Å². The van der Waals surface area contributed by atoms with Crippen molar-refractivity contribution in [2.24, 2.45) is 11.8 Å². The van der Waals surface area contributed by atoms with Crippen LogP contribution >= 0.6 is 0 Å². The maximum atomic E-state index is 12.5.